The molecule has 1 aromatic carbocycles. The molecule has 1 saturated carbocycles. The molecule has 0 N–H and O–H groups in total. The maximum Gasteiger partial charge on any atom is 0.310 e. The van der Waals surface area contributed by atoms with Crippen molar-refractivity contribution in [2.24, 2.45) is 5.92 Å². The molecule has 28 heavy (non-hydrogen) atoms. The van der Waals surface area contributed by atoms with Gasteiger partial charge in [-0.3, -0.25) is 4.79 Å². The number of fused-ring (bicyclic) bond motifs is 2. The Labute approximate surface area is 171 Å². The van der Waals surface area contributed by atoms with E-state index in [1.54, 1.807) is 0 Å². The Morgan fingerprint density at radius 1 is 1.07 bits per heavy atom. The number of hydrogen-bond donors (Lipinski definition) is 0. The Kier molecular flexibility index (Phi) is 5.83. The summed E-state index contributed by atoms with van der Waals surface area (Å²) in [5.41, 5.74) is 1.31. The molecule has 3 nitrogen and oxygen atoms in total. The van der Waals surface area contributed by atoms with Gasteiger partial charge in [-0.2, -0.15) is 0 Å². The van der Waals surface area contributed by atoms with Crippen molar-refractivity contribution in [3.05, 3.63) is 35.9 Å². The van der Waals surface area contributed by atoms with Crippen LogP contribution in [0.15, 0.2) is 30.3 Å². The van der Waals surface area contributed by atoms with E-state index in [1.165, 1.54) is 35.7 Å². The average Bonchev–Trinajstić information content (AvgIpc) is 2.87. The van der Waals surface area contributed by atoms with Gasteiger partial charge in [-0.15, -0.1) is 0 Å². The lowest BCUT2D eigenvalue weighted by Crippen LogP contribution is -2.63. The van der Waals surface area contributed by atoms with E-state index in [1.807, 2.05) is 0 Å². The van der Waals surface area contributed by atoms with Crippen LogP contribution < -0.4 is 0 Å². The smallest absolute Gasteiger partial charge is 0.310 e. The first-order chi connectivity index (χ1) is 13.6. The molecule has 2 aliphatic heterocycles. The van der Waals surface area contributed by atoms with Crippen molar-refractivity contribution >= 4 is 5.97 Å². The predicted molar refractivity (Wildman–Crippen MR) is 113 cm³/mol. The third kappa shape index (κ3) is 3.30. The van der Waals surface area contributed by atoms with Crippen LogP contribution in [-0.4, -0.2) is 41.2 Å². The van der Waals surface area contributed by atoms with Gasteiger partial charge in [0.1, 0.15) is 6.04 Å². The summed E-state index contributed by atoms with van der Waals surface area (Å²) >= 11 is 0. The van der Waals surface area contributed by atoms with Crippen LogP contribution in [-0.2, 0) is 9.53 Å². The maximum absolute atomic E-state index is 13.4. The van der Waals surface area contributed by atoms with Gasteiger partial charge >= 0.3 is 5.97 Å². The SMILES string of the molecule is CC[N@@+]1(C(C)C)[C@H]2CCC[C@@H]1[C@H](OC(=O)C1CCCCC1c1ccccc1)C2. The van der Waals surface area contributed by atoms with Crippen LogP contribution in [0.2, 0.25) is 0 Å². The third-order valence-electron chi connectivity index (χ3n) is 8.34. The number of hydrogen-bond acceptors (Lipinski definition) is 2. The first kappa shape index (κ1) is 19.9. The van der Waals surface area contributed by atoms with Crippen molar-refractivity contribution in [2.45, 2.75) is 102 Å². The number of ether oxygens (including phenoxy) is 1. The standard InChI is InChI=1S/C25H38NO2/c1-4-26(18(2)3)20-13-10-16-23(26)24(17-20)28-25(27)22-15-9-8-14-21(22)19-11-6-5-7-12-19/h5-7,11-12,18,20-24H,4,8-10,13-17H2,1-3H3/q+1/t20-,21?,22?,23+,24+,26+/m0/s1. The quantitative estimate of drug-likeness (QED) is 0.499. The molecule has 0 aromatic heterocycles. The predicted octanol–water partition coefficient (Wildman–Crippen LogP) is 5.44. The number of nitrogens with zero attached hydrogens (tertiary/aromatic N) is 1. The highest BCUT2D eigenvalue weighted by atomic mass is 16.5. The molecule has 3 fully saturated rings. The molecule has 6 atom stereocenters. The van der Waals surface area contributed by atoms with Crippen molar-refractivity contribution < 1.29 is 14.0 Å². The molecule has 3 aliphatic rings. The summed E-state index contributed by atoms with van der Waals surface area (Å²) in [4.78, 5) is 13.4. The Morgan fingerprint density at radius 2 is 1.82 bits per heavy atom. The van der Waals surface area contributed by atoms with Crippen molar-refractivity contribution in [1.29, 1.82) is 0 Å². The molecular formula is C25H38NO2+. The fourth-order valence-electron chi connectivity index (χ4n) is 7.09. The molecule has 154 valence electrons. The summed E-state index contributed by atoms with van der Waals surface area (Å²) in [6.07, 6.45) is 9.48. The van der Waals surface area contributed by atoms with Gasteiger partial charge in [0.2, 0.25) is 0 Å². The molecule has 2 heterocycles. The maximum atomic E-state index is 13.4. The second-order valence-electron chi connectivity index (χ2n) is 9.68. The highest BCUT2D eigenvalue weighted by Crippen LogP contribution is 2.47. The van der Waals surface area contributed by atoms with E-state index in [4.69, 9.17) is 4.74 Å². The number of rotatable bonds is 5. The zero-order valence-corrected chi connectivity index (χ0v) is 18.0. The zero-order chi connectivity index (χ0) is 19.7. The second-order valence-corrected chi connectivity index (χ2v) is 9.68. The van der Waals surface area contributed by atoms with Gasteiger partial charge in [0.25, 0.3) is 0 Å². The highest BCUT2D eigenvalue weighted by Gasteiger charge is 2.58. The number of esters is 1. The van der Waals surface area contributed by atoms with Crippen LogP contribution in [0.4, 0.5) is 0 Å². The first-order valence-electron chi connectivity index (χ1n) is 11.7. The number of piperidine rings is 1. The summed E-state index contributed by atoms with van der Waals surface area (Å²) in [5.74, 6) is 0.460. The minimum Gasteiger partial charge on any atom is -0.456 e. The summed E-state index contributed by atoms with van der Waals surface area (Å²) in [5, 5.41) is 0. The van der Waals surface area contributed by atoms with Crippen molar-refractivity contribution in [3.63, 3.8) is 0 Å². The van der Waals surface area contributed by atoms with Gasteiger partial charge in [0.15, 0.2) is 6.10 Å². The number of carbonyl (C=O) groups is 1. The van der Waals surface area contributed by atoms with E-state index >= 15 is 0 Å². The largest absolute Gasteiger partial charge is 0.456 e. The van der Waals surface area contributed by atoms with Gasteiger partial charge < -0.3 is 9.22 Å². The number of quaternary nitrogens is 1. The third-order valence-corrected chi connectivity index (χ3v) is 8.34. The summed E-state index contributed by atoms with van der Waals surface area (Å²) in [6, 6.07) is 12.4. The van der Waals surface area contributed by atoms with E-state index in [2.05, 4.69) is 51.1 Å². The van der Waals surface area contributed by atoms with Crippen molar-refractivity contribution in [2.75, 3.05) is 6.54 Å². The summed E-state index contributed by atoms with van der Waals surface area (Å²) in [6.45, 7) is 8.23. The van der Waals surface area contributed by atoms with Gasteiger partial charge in [0.05, 0.1) is 24.5 Å². The van der Waals surface area contributed by atoms with Crippen LogP contribution in [0.5, 0.6) is 0 Å². The molecular weight excluding hydrogens is 346 g/mol. The Balaban J connectivity index is 1.51. The first-order valence-corrected chi connectivity index (χ1v) is 11.7. The lowest BCUT2D eigenvalue weighted by Gasteiger charge is -2.50. The monoisotopic (exact) mass is 384 g/mol. The molecule has 3 heteroatoms. The molecule has 1 aromatic rings. The van der Waals surface area contributed by atoms with Crippen molar-refractivity contribution in [3.8, 4) is 0 Å². The summed E-state index contributed by atoms with van der Waals surface area (Å²) in [7, 11) is 0. The molecule has 2 unspecified atom stereocenters. The van der Waals surface area contributed by atoms with E-state index in [-0.39, 0.29) is 18.0 Å². The fourth-order valence-corrected chi connectivity index (χ4v) is 7.09. The average molecular weight is 385 g/mol. The Bertz CT molecular complexity index is 672. The van der Waals surface area contributed by atoms with Crippen LogP contribution >= 0.6 is 0 Å². The molecule has 0 amide bonds. The topological polar surface area (TPSA) is 26.3 Å². The van der Waals surface area contributed by atoms with Gasteiger partial charge in [-0.25, -0.2) is 0 Å². The van der Waals surface area contributed by atoms with E-state index in [9.17, 15) is 4.79 Å². The minimum atomic E-state index is 0.0409. The lowest BCUT2D eigenvalue weighted by molar-refractivity contribution is -0.983. The lowest BCUT2D eigenvalue weighted by atomic mass is 9.75. The second kappa shape index (κ2) is 8.18. The van der Waals surface area contributed by atoms with Crippen LogP contribution in [0, 0.1) is 5.92 Å². The normalized spacial score (nSPS) is 37.8. The Hall–Kier alpha value is -1.35. The van der Waals surface area contributed by atoms with Gasteiger partial charge in [0, 0.05) is 12.8 Å². The van der Waals surface area contributed by atoms with Crippen molar-refractivity contribution in [1.82, 2.24) is 0 Å². The van der Waals surface area contributed by atoms with Crippen LogP contribution in [0.3, 0.4) is 0 Å². The van der Waals surface area contributed by atoms with Crippen LogP contribution in [0.25, 0.3) is 0 Å². The molecule has 1 aliphatic carbocycles. The van der Waals surface area contributed by atoms with Crippen LogP contribution in [0.1, 0.15) is 83.6 Å². The van der Waals surface area contributed by atoms with E-state index < -0.39 is 0 Å². The number of benzene rings is 1. The number of carbonyl (C=O) groups excluding carboxylic acids is 1. The zero-order valence-electron chi connectivity index (χ0n) is 18.0. The minimum absolute atomic E-state index is 0.0409. The highest BCUT2D eigenvalue weighted by molar-refractivity contribution is 5.74. The molecule has 2 saturated heterocycles. The number of likely N-dealkylation sites (N-methyl/N-ethyl adjacent to an activating group) is 1. The summed E-state index contributed by atoms with van der Waals surface area (Å²) < 4.78 is 7.54. The van der Waals surface area contributed by atoms with Gasteiger partial charge in [-0.05, 0) is 57.9 Å². The Morgan fingerprint density at radius 3 is 2.50 bits per heavy atom. The molecule has 0 spiro atoms. The fraction of sp³-hybridized carbons (Fsp3) is 0.720. The molecule has 4 rings (SSSR count). The van der Waals surface area contributed by atoms with E-state index in [0.29, 0.717) is 24.0 Å². The molecule has 0 radical (unpaired) electrons. The van der Waals surface area contributed by atoms with E-state index in [0.717, 1.165) is 32.2 Å². The van der Waals surface area contributed by atoms with Gasteiger partial charge in [-0.1, -0.05) is 43.2 Å². The molecule has 2 bridgehead atoms.